The fraction of sp³-hybridized carbons (Fsp3) is 0.833. The van der Waals surface area contributed by atoms with Gasteiger partial charge in [-0.15, -0.1) is 0 Å². The minimum absolute atomic E-state index is 0.254. The summed E-state index contributed by atoms with van der Waals surface area (Å²) >= 11 is 0. The minimum atomic E-state index is -1.11. The van der Waals surface area contributed by atoms with Gasteiger partial charge in [0.2, 0.25) is 0 Å². The molecule has 6 nitrogen and oxygen atoms in total. The van der Waals surface area contributed by atoms with Crippen molar-refractivity contribution in [2.45, 2.75) is 44.2 Å². The van der Waals surface area contributed by atoms with E-state index in [1.807, 2.05) is 0 Å². The highest BCUT2D eigenvalue weighted by Gasteiger charge is 2.45. The standard InChI is InChI=1S/C12H20N2O4/c1-12(10(16)17)5-2-3-6-14(12)11(18)13-7-4-9(15)8-13/h9,15H,2-8H2,1H3,(H,16,17). The van der Waals surface area contributed by atoms with Crippen LogP contribution in [0.5, 0.6) is 0 Å². The third-order valence-corrected chi connectivity index (χ3v) is 4.02. The molecule has 0 radical (unpaired) electrons. The van der Waals surface area contributed by atoms with E-state index in [0.29, 0.717) is 32.5 Å². The summed E-state index contributed by atoms with van der Waals surface area (Å²) in [6.45, 7) is 2.91. The van der Waals surface area contributed by atoms with Crippen molar-refractivity contribution >= 4 is 12.0 Å². The van der Waals surface area contributed by atoms with Gasteiger partial charge < -0.3 is 20.0 Å². The smallest absolute Gasteiger partial charge is 0.329 e. The van der Waals surface area contributed by atoms with Gasteiger partial charge in [-0.05, 0) is 32.6 Å². The van der Waals surface area contributed by atoms with Crippen LogP contribution in [0.2, 0.25) is 0 Å². The van der Waals surface area contributed by atoms with Gasteiger partial charge in [-0.3, -0.25) is 0 Å². The molecular weight excluding hydrogens is 236 g/mol. The third kappa shape index (κ3) is 2.16. The molecule has 6 heteroatoms. The van der Waals surface area contributed by atoms with Crippen LogP contribution in [0.25, 0.3) is 0 Å². The summed E-state index contributed by atoms with van der Waals surface area (Å²) < 4.78 is 0. The van der Waals surface area contributed by atoms with Crippen molar-refractivity contribution in [3.63, 3.8) is 0 Å². The van der Waals surface area contributed by atoms with E-state index in [1.54, 1.807) is 11.8 Å². The van der Waals surface area contributed by atoms with E-state index in [-0.39, 0.29) is 6.03 Å². The molecule has 0 aromatic heterocycles. The van der Waals surface area contributed by atoms with E-state index < -0.39 is 17.6 Å². The molecule has 0 spiro atoms. The van der Waals surface area contributed by atoms with E-state index in [4.69, 9.17) is 0 Å². The summed E-state index contributed by atoms with van der Waals surface area (Å²) in [6, 6.07) is -0.254. The number of aliphatic hydroxyl groups is 1. The molecule has 2 aliphatic rings. The highest BCUT2D eigenvalue weighted by Crippen LogP contribution is 2.30. The van der Waals surface area contributed by atoms with E-state index >= 15 is 0 Å². The first-order valence-corrected chi connectivity index (χ1v) is 6.43. The molecule has 0 aromatic carbocycles. The number of carbonyl (C=O) groups is 2. The number of hydrogen-bond acceptors (Lipinski definition) is 3. The van der Waals surface area contributed by atoms with E-state index in [2.05, 4.69) is 0 Å². The average molecular weight is 256 g/mol. The van der Waals surface area contributed by atoms with Crippen molar-refractivity contribution in [3.05, 3.63) is 0 Å². The summed E-state index contributed by atoms with van der Waals surface area (Å²) in [5, 5.41) is 18.8. The highest BCUT2D eigenvalue weighted by atomic mass is 16.4. The lowest BCUT2D eigenvalue weighted by Gasteiger charge is -2.43. The number of β-amino-alcohol motifs (C(OH)–C–C–N with tert-alkyl or cyclic N) is 1. The van der Waals surface area contributed by atoms with Gasteiger partial charge in [0.15, 0.2) is 0 Å². The Balaban J connectivity index is 2.14. The maximum absolute atomic E-state index is 12.3. The average Bonchev–Trinajstić information content (AvgIpc) is 2.75. The maximum Gasteiger partial charge on any atom is 0.329 e. The van der Waals surface area contributed by atoms with Gasteiger partial charge in [0.05, 0.1) is 6.10 Å². The monoisotopic (exact) mass is 256 g/mol. The van der Waals surface area contributed by atoms with Crippen LogP contribution in [-0.2, 0) is 4.79 Å². The van der Waals surface area contributed by atoms with Crippen LogP contribution >= 0.6 is 0 Å². The van der Waals surface area contributed by atoms with Crippen molar-refractivity contribution in [3.8, 4) is 0 Å². The molecule has 18 heavy (non-hydrogen) atoms. The number of carbonyl (C=O) groups excluding carboxylic acids is 1. The second kappa shape index (κ2) is 4.76. The summed E-state index contributed by atoms with van der Waals surface area (Å²) in [4.78, 5) is 26.8. The lowest BCUT2D eigenvalue weighted by atomic mass is 9.89. The number of nitrogens with zero attached hydrogens (tertiary/aromatic N) is 2. The molecule has 2 N–H and O–H groups in total. The predicted octanol–water partition coefficient (Wildman–Crippen LogP) is 0.502. The van der Waals surface area contributed by atoms with Gasteiger partial charge in [-0.2, -0.15) is 0 Å². The van der Waals surface area contributed by atoms with Gasteiger partial charge in [0.25, 0.3) is 0 Å². The van der Waals surface area contributed by atoms with Crippen molar-refractivity contribution in [2.24, 2.45) is 0 Å². The lowest BCUT2D eigenvalue weighted by molar-refractivity contribution is -0.150. The van der Waals surface area contributed by atoms with Crippen LogP contribution in [0.3, 0.4) is 0 Å². The number of carboxylic acid groups (broad SMARTS) is 1. The Hall–Kier alpha value is -1.30. The molecule has 0 saturated carbocycles. The largest absolute Gasteiger partial charge is 0.480 e. The van der Waals surface area contributed by atoms with Gasteiger partial charge in [-0.1, -0.05) is 0 Å². The molecule has 0 bridgehead atoms. The zero-order valence-corrected chi connectivity index (χ0v) is 10.6. The zero-order chi connectivity index (χ0) is 13.3. The second-order valence-electron chi connectivity index (χ2n) is 5.36. The first kappa shape index (κ1) is 13.1. The Morgan fingerprint density at radius 3 is 2.56 bits per heavy atom. The maximum atomic E-state index is 12.3. The van der Waals surface area contributed by atoms with Gasteiger partial charge in [0.1, 0.15) is 5.54 Å². The Labute approximate surface area is 106 Å². The van der Waals surface area contributed by atoms with Gasteiger partial charge in [-0.25, -0.2) is 9.59 Å². The Bertz CT molecular complexity index is 360. The van der Waals surface area contributed by atoms with Crippen LogP contribution in [0.1, 0.15) is 32.6 Å². The van der Waals surface area contributed by atoms with Crippen LogP contribution in [0, 0.1) is 0 Å². The number of carboxylic acids is 1. The number of aliphatic hydroxyl groups excluding tert-OH is 1. The van der Waals surface area contributed by atoms with Gasteiger partial charge >= 0.3 is 12.0 Å². The fourth-order valence-electron chi connectivity index (χ4n) is 2.74. The molecule has 2 unspecified atom stereocenters. The first-order valence-electron chi connectivity index (χ1n) is 6.43. The Kier molecular flexibility index (Phi) is 3.47. The first-order chi connectivity index (χ1) is 8.45. The number of rotatable bonds is 1. The van der Waals surface area contributed by atoms with Crippen molar-refractivity contribution in [2.75, 3.05) is 19.6 Å². The molecule has 2 heterocycles. The van der Waals surface area contributed by atoms with Crippen LogP contribution < -0.4 is 0 Å². The topological polar surface area (TPSA) is 81.1 Å². The van der Waals surface area contributed by atoms with E-state index in [0.717, 1.165) is 12.8 Å². The predicted molar refractivity (Wildman–Crippen MR) is 64.2 cm³/mol. The number of hydrogen-bond donors (Lipinski definition) is 2. The SMILES string of the molecule is CC1(C(=O)O)CCCCN1C(=O)N1CCC(O)C1. The van der Waals surface area contributed by atoms with Crippen molar-refractivity contribution in [1.29, 1.82) is 0 Å². The highest BCUT2D eigenvalue weighted by molar-refractivity contribution is 5.86. The zero-order valence-electron chi connectivity index (χ0n) is 10.6. The normalized spacial score (nSPS) is 32.7. The molecule has 2 saturated heterocycles. The van der Waals surface area contributed by atoms with Crippen LogP contribution in [-0.4, -0.2) is 63.3 Å². The molecule has 0 aliphatic carbocycles. The molecule has 2 aliphatic heterocycles. The summed E-state index contributed by atoms with van der Waals surface area (Å²) in [6.07, 6.45) is 2.25. The van der Waals surface area contributed by atoms with E-state index in [1.165, 1.54) is 4.90 Å². The molecule has 2 amide bonds. The number of amides is 2. The third-order valence-electron chi connectivity index (χ3n) is 4.02. The second-order valence-corrected chi connectivity index (χ2v) is 5.36. The van der Waals surface area contributed by atoms with Crippen molar-refractivity contribution < 1.29 is 19.8 Å². The van der Waals surface area contributed by atoms with Crippen LogP contribution in [0.4, 0.5) is 4.79 Å². The van der Waals surface area contributed by atoms with Gasteiger partial charge in [0, 0.05) is 19.6 Å². The molecule has 0 aromatic rings. The number of likely N-dealkylation sites (tertiary alicyclic amines) is 2. The fourth-order valence-corrected chi connectivity index (χ4v) is 2.74. The number of aliphatic carboxylic acids is 1. The Morgan fingerprint density at radius 1 is 1.28 bits per heavy atom. The molecule has 2 fully saturated rings. The molecular formula is C12H20N2O4. The molecule has 2 rings (SSSR count). The summed E-state index contributed by atoms with van der Waals surface area (Å²) in [5.41, 5.74) is -1.11. The van der Waals surface area contributed by atoms with Crippen LogP contribution in [0.15, 0.2) is 0 Å². The lowest BCUT2D eigenvalue weighted by Crippen LogP contribution is -2.60. The summed E-state index contributed by atoms with van der Waals surface area (Å²) in [5.74, 6) is -0.949. The number of urea groups is 1. The summed E-state index contributed by atoms with van der Waals surface area (Å²) in [7, 11) is 0. The molecule has 102 valence electrons. The minimum Gasteiger partial charge on any atom is -0.480 e. The quantitative estimate of drug-likeness (QED) is 0.716. The number of piperidine rings is 1. The van der Waals surface area contributed by atoms with Crippen molar-refractivity contribution in [1.82, 2.24) is 9.80 Å². The van der Waals surface area contributed by atoms with E-state index in [9.17, 15) is 19.8 Å². The molecule has 2 atom stereocenters. The Morgan fingerprint density at radius 2 is 2.00 bits per heavy atom.